The smallest absolute Gasteiger partial charge is 0.290 e. The van der Waals surface area contributed by atoms with Crippen LogP contribution in [0.1, 0.15) is 17.7 Å². The van der Waals surface area contributed by atoms with Crippen molar-refractivity contribution in [1.29, 1.82) is 0 Å². The third-order valence-corrected chi connectivity index (χ3v) is 9.84. The van der Waals surface area contributed by atoms with Crippen LogP contribution >= 0.6 is 23.1 Å². The number of nitrogen functional groups attached to an aromatic ring is 1. The second-order valence-corrected chi connectivity index (χ2v) is 13.2. The molecule has 0 unspecified atom stereocenters. The van der Waals surface area contributed by atoms with Crippen LogP contribution in [-0.2, 0) is 37.1 Å². The average molecular weight is 705 g/mol. The highest BCUT2D eigenvalue weighted by Gasteiger charge is 2.53. The molecule has 252 valence electrons. The van der Waals surface area contributed by atoms with Gasteiger partial charge < -0.3 is 41.5 Å². The van der Waals surface area contributed by atoms with E-state index in [4.69, 9.17) is 5.73 Å². The van der Waals surface area contributed by atoms with E-state index in [9.17, 15) is 39.4 Å². The van der Waals surface area contributed by atoms with Crippen LogP contribution in [0.25, 0.3) is 0 Å². The first-order valence-electron chi connectivity index (χ1n) is 14.7. The van der Waals surface area contributed by atoms with Crippen LogP contribution in [0.15, 0.2) is 82.2 Å². The largest absolute Gasteiger partial charge is 0.543 e. The summed E-state index contributed by atoms with van der Waals surface area (Å²) in [6.07, 6.45) is 5.29. The number of aliphatic carboxylic acids is 1. The van der Waals surface area contributed by atoms with Crippen molar-refractivity contribution in [2.24, 2.45) is 5.16 Å². The Morgan fingerprint density at radius 3 is 2.76 bits per heavy atom. The van der Waals surface area contributed by atoms with Crippen LogP contribution in [0.5, 0.6) is 5.75 Å². The number of rotatable bonds is 10. The minimum Gasteiger partial charge on any atom is -0.543 e. The molecule has 1 aromatic carbocycles. The van der Waals surface area contributed by atoms with Crippen molar-refractivity contribution in [2.45, 2.75) is 30.9 Å². The number of anilines is 2. The highest BCUT2D eigenvalue weighted by molar-refractivity contribution is 8.00. The first kappa shape index (κ1) is 33.2. The molecule has 2 fully saturated rings. The van der Waals surface area contributed by atoms with Crippen molar-refractivity contribution in [1.82, 2.24) is 20.1 Å². The lowest BCUT2D eigenvalue weighted by molar-refractivity contribution is -0.684. The molecule has 2 aromatic heterocycles. The van der Waals surface area contributed by atoms with Gasteiger partial charge in [-0.05, 0) is 36.3 Å². The predicted octanol–water partition coefficient (Wildman–Crippen LogP) is -0.702. The van der Waals surface area contributed by atoms with E-state index in [0.29, 0.717) is 24.2 Å². The first-order valence-corrected chi connectivity index (χ1v) is 16.7. The number of carbonyl (C=O) groups excluding carboxylic acids is 5. The van der Waals surface area contributed by atoms with Crippen molar-refractivity contribution in [2.75, 3.05) is 23.3 Å². The number of fused-ring (bicyclic) bond motifs is 1. The molecule has 4 amide bonds. The second-order valence-electron chi connectivity index (χ2n) is 11.2. The lowest BCUT2D eigenvalue weighted by atomic mass is 10.0. The number of aromatic nitrogens is 2. The number of phenolic OH excluding ortho intramolecular Hbond substituents is 1. The number of β-lactam (4-membered cyclic amide) rings is 1. The Kier molecular flexibility index (Phi) is 9.32. The number of amides is 4. The van der Waals surface area contributed by atoms with Crippen molar-refractivity contribution < 1.29 is 44.0 Å². The fraction of sp³-hybridized carbons (Fsp3) is 0.226. The molecule has 0 saturated carbocycles. The van der Waals surface area contributed by atoms with Crippen molar-refractivity contribution in [3.05, 3.63) is 88.3 Å². The minimum absolute atomic E-state index is 0.00171. The highest BCUT2D eigenvalue weighted by atomic mass is 32.2. The number of phenols is 1. The molecule has 3 aliphatic rings. The van der Waals surface area contributed by atoms with Gasteiger partial charge in [-0.1, -0.05) is 11.2 Å². The van der Waals surface area contributed by atoms with Gasteiger partial charge in [0.1, 0.15) is 22.9 Å². The van der Waals surface area contributed by atoms with Crippen LogP contribution in [-0.4, -0.2) is 84.1 Å². The number of hydrogen-bond acceptors (Lipinski definition) is 13. The lowest BCUT2D eigenvalue weighted by Gasteiger charge is -2.50. The first-order chi connectivity index (χ1) is 23.5. The summed E-state index contributed by atoms with van der Waals surface area (Å²) in [6, 6.07) is 8.67. The van der Waals surface area contributed by atoms with Gasteiger partial charge in [0.15, 0.2) is 23.2 Å². The number of thioether (sulfide) groups is 1. The number of benzene rings is 1. The fourth-order valence-corrected chi connectivity index (χ4v) is 7.52. The molecule has 5 heterocycles. The van der Waals surface area contributed by atoms with Gasteiger partial charge in [0, 0.05) is 46.6 Å². The quantitative estimate of drug-likeness (QED) is 0.0442. The zero-order valence-electron chi connectivity index (χ0n) is 25.4. The van der Waals surface area contributed by atoms with Crippen molar-refractivity contribution in [3.63, 3.8) is 0 Å². The van der Waals surface area contributed by atoms with Crippen LogP contribution in [0.4, 0.5) is 10.8 Å². The maximum atomic E-state index is 13.4. The summed E-state index contributed by atoms with van der Waals surface area (Å²) >= 11 is 2.23. The Morgan fingerprint density at radius 1 is 1.22 bits per heavy atom. The van der Waals surface area contributed by atoms with Gasteiger partial charge >= 0.3 is 0 Å². The lowest BCUT2D eigenvalue weighted by Crippen LogP contribution is -2.71. The van der Waals surface area contributed by atoms with E-state index in [2.05, 4.69) is 20.8 Å². The molecule has 49 heavy (non-hydrogen) atoms. The van der Waals surface area contributed by atoms with Crippen molar-refractivity contribution in [3.8, 4) is 5.75 Å². The normalized spacial score (nSPS) is 19.9. The zero-order valence-corrected chi connectivity index (χ0v) is 27.1. The van der Waals surface area contributed by atoms with Gasteiger partial charge in [-0.3, -0.25) is 24.1 Å². The van der Waals surface area contributed by atoms with Gasteiger partial charge in [0.2, 0.25) is 12.5 Å². The average Bonchev–Trinajstić information content (AvgIpc) is 3.64. The number of likely N-dealkylation sites (tertiary alicyclic amines) is 1. The summed E-state index contributed by atoms with van der Waals surface area (Å²) in [6.45, 7) is 0.614. The zero-order chi connectivity index (χ0) is 34.8. The third-order valence-electron chi connectivity index (χ3n) is 7.87. The van der Waals surface area contributed by atoms with Crippen molar-refractivity contribution >= 4 is 69.2 Å². The Bertz CT molecular complexity index is 1980. The fourth-order valence-electron chi connectivity index (χ4n) is 5.66. The van der Waals surface area contributed by atoms with E-state index in [1.165, 1.54) is 35.4 Å². The summed E-state index contributed by atoms with van der Waals surface area (Å²) in [5.41, 5.74) is 6.59. The number of thiazole rings is 1. The Balaban J connectivity index is 1.10. The van der Waals surface area contributed by atoms with Crippen LogP contribution in [0.3, 0.4) is 0 Å². The summed E-state index contributed by atoms with van der Waals surface area (Å²) in [5.74, 6) is -3.66. The van der Waals surface area contributed by atoms with E-state index < -0.39 is 34.9 Å². The van der Waals surface area contributed by atoms with Gasteiger partial charge in [-0.15, -0.1) is 23.1 Å². The second kappa shape index (κ2) is 13.8. The van der Waals surface area contributed by atoms with E-state index in [-0.39, 0.29) is 58.5 Å². The Labute approximate surface area is 286 Å². The predicted molar refractivity (Wildman–Crippen MR) is 173 cm³/mol. The molecule has 2 saturated heterocycles. The maximum Gasteiger partial charge on any atom is 0.290 e. The number of nitrogens with one attached hydrogen (secondary N) is 2. The highest BCUT2D eigenvalue weighted by Crippen LogP contribution is 2.41. The van der Waals surface area contributed by atoms with Gasteiger partial charge in [0.25, 0.3) is 17.7 Å². The molecule has 0 spiro atoms. The molecule has 0 bridgehead atoms. The molecule has 3 aromatic rings. The molecule has 16 nitrogen and oxygen atoms in total. The number of nitrogens with two attached hydrogens (primary N) is 1. The van der Waals surface area contributed by atoms with Crippen LogP contribution in [0.2, 0.25) is 0 Å². The van der Waals surface area contributed by atoms with E-state index in [1.54, 1.807) is 40.1 Å². The number of carbonyl (C=O) groups is 5. The van der Waals surface area contributed by atoms with Crippen LogP contribution in [0, 0.1) is 0 Å². The molecule has 0 radical (unpaired) electrons. The Morgan fingerprint density at radius 2 is 2.04 bits per heavy atom. The maximum absolute atomic E-state index is 13.4. The molecular formula is C31H28N8O8S2. The monoisotopic (exact) mass is 704 g/mol. The molecule has 0 aliphatic carbocycles. The minimum atomic E-state index is -1.60. The molecule has 6 N–H and O–H groups in total. The number of oxime groups is 1. The summed E-state index contributed by atoms with van der Waals surface area (Å²) in [7, 11) is 0. The third kappa shape index (κ3) is 6.95. The number of pyridine rings is 1. The standard InChI is InChI=1S/C31H28N8O8S2/c32-31-34-21(15-49-31)23(36-47)26(42)35-24-28(44)39-25(30(45)46)18(14-48-29(24)39)9-17-6-8-38(27(17)43)12-16-3-2-7-37(11-16)13-22(41)33-19-4-1-5-20(40)10-19/h1-5,7,9-11,15,24,29H,6,8,12-14H2,(H6-,32,33,34,35,40,41,42,45,46,47)/t24-,29-/m1/s1. The number of hydrogen-bond donors (Lipinski definition) is 5. The number of nitrogens with zero attached hydrogens (tertiary/aromatic N) is 5. The molecule has 6 rings (SSSR count). The molecule has 2 atom stereocenters. The van der Waals surface area contributed by atoms with E-state index in [0.717, 1.165) is 21.8 Å². The number of carboxylic acid groups (broad SMARTS) is 1. The van der Waals surface area contributed by atoms with Gasteiger partial charge in [-0.2, -0.15) is 4.57 Å². The van der Waals surface area contributed by atoms with Gasteiger partial charge in [-0.25, -0.2) is 4.98 Å². The Hall–Kier alpha value is -5.75. The summed E-state index contributed by atoms with van der Waals surface area (Å²) in [5, 5.41) is 40.2. The molecular weight excluding hydrogens is 677 g/mol. The topological polar surface area (TPSA) is 235 Å². The number of allylic oxidation sites excluding steroid dienone is 1. The number of carboxylic acids is 1. The van der Waals surface area contributed by atoms with Crippen LogP contribution < -0.4 is 26.0 Å². The summed E-state index contributed by atoms with van der Waals surface area (Å²) in [4.78, 5) is 70.6. The van der Waals surface area contributed by atoms with E-state index >= 15 is 0 Å². The number of aromatic hydroxyl groups is 1. The molecule has 18 heteroatoms. The molecule has 3 aliphatic heterocycles. The van der Waals surface area contributed by atoms with E-state index in [1.807, 2.05) is 6.07 Å². The SMILES string of the molecule is Nc1nc(/C(=N/O)C(=O)N[C@@H]2C(=O)N3C(C(=O)[O-])=C(C=C4CCN(Cc5ccc[n+](CC(=O)Nc6cccc(O)c6)c5)C4=O)CS[C@H]23)cs1. The summed E-state index contributed by atoms with van der Waals surface area (Å²) < 4.78 is 1.67. The van der Waals surface area contributed by atoms with Gasteiger partial charge in [0.05, 0.1) is 18.2 Å².